The Bertz CT molecular complexity index is 3510. The molecule has 0 fully saturated rings. The number of nitrogens with zero attached hydrogens (tertiary/aromatic N) is 5. The van der Waals surface area contributed by atoms with E-state index in [9.17, 15) is 0 Å². The van der Waals surface area contributed by atoms with Gasteiger partial charge in [0.15, 0.2) is 5.82 Å². The van der Waals surface area contributed by atoms with Crippen LogP contribution in [0.1, 0.15) is 17.2 Å². The molecule has 1 aliphatic rings. The first-order chi connectivity index (χ1) is 30.6. The fourth-order valence-corrected chi connectivity index (χ4v) is 8.61. The van der Waals surface area contributed by atoms with Crippen LogP contribution in [0, 0.1) is 0 Å². The van der Waals surface area contributed by atoms with Crippen molar-refractivity contribution >= 4 is 55.2 Å². The van der Waals surface area contributed by atoms with Gasteiger partial charge in [-0.25, -0.2) is 19.9 Å². The number of fused-ring (bicyclic) bond motifs is 6. The van der Waals surface area contributed by atoms with Gasteiger partial charge < -0.3 is 5.32 Å². The quantitative estimate of drug-likeness (QED) is 0.169. The topological polar surface area (TPSA) is 76.5 Å². The zero-order valence-electron chi connectivity index (χ0n) is 33.4. The minimum atomic E-state index is 0.0278. The standard InChI is InChI=1S/C56H36N6/c1-3-8-35(9-4-1)52-34-53(62-56(61-52)40-10-5-2-6-11-40)49-28-24-37-14-18-44(33-51(37)59-49)43-17-13-36-23-26-47(58-50(36)32-43)45-21-19-42-31-46(22-20-41(42)30-45)48-27-25-39-16-15-38-12-7-29-57-54(38)55(39)60-48/h1-34,47,58H. The lowest BCUT2D eigenvalue weighted by molar-refractivity contribution is 0.982. The Hall–Kier alpha value is -8.35. The van der Waals surface area contributed by atoms with Crippen molar-refractivity contribution in [3.05, 3.63) is 211 Å². The molecule has 1 unspecified atom stereocenters. The molecule has 0 saturated carbocycles. The molecule has 12 rings (SSSR count). The Morgan fingerprint density at radius 2 is 1.06 bits per heavy atom. The van der Waals surface area contributed by atoms with Crippen LogP contribution >= 0.6 is 0 Å². The molecular formula is C56H36N6. The maximum atomic E-state index is 5.19. The fourth-order valence-electron chi connectivity index (χ4n) is 8.61. The van der Waals surface area contributed by atoms with Gasteiger partial charge in [-0.2, -0.15) is 0 Å². The SMILES string of the molecule is C1=CC(c2ccc3cc(-c4ccc5ccc6cccnc6c5n4)ccc3c2)Nc2cc(-c3ccc4ccc(-c5cc(-c6ccccc6)nc(-c6ccccc6)n5)nc4c3)ccc21. The number of nitrogens with one attached hydrogen (secondary N) is 1. The summed E-state index contributed by atoms with van der Waals surface area (Å²) in [5.41, 5.74) is 14.9. The van der Waals surface area contributed by atoms with Crippen LogP contribution in [0.4, 0.5) is 5.69 Å². The third-order valence-corrected chi connectivity index (χ3v) is 11.9. The van der Waals surface area contributed by atoms with Crippen molar-refractivity contribution in [1.82, 2.24) is 24.9 Å². The van der Waals surface area contributed by atoms with E-state index in [4.69, 9.17) is 19.9 Å². The van der Waals surface area contributed by atoms with E-state index in [2.05, 4.69) is 150 Å². The first-order valence-corrected chi connectivity index (χ1v) is 20.8. The van der Waals surface area contributed by atoms with Crippen molar-refractivity contribution in [2.24, 2.45) is 0 Å². The molecule has 6 nitrogen and oxygen atoms in total. The molecule has 0 amide bonds. The van der Waals surface area contributed by atoms with Crippen LogP contribution in [0.15, 0.2) is 200 Å². The average Bonchev–Trinajstić information content (AvgIpc) is 3.35. The summed E-state index contributed by atoms with van der Waals surface area (Å²) in [6, 6.07) is 65.6. The summed E-state index contributed by atoms with van der Waals surface area (Å²) < 4.78 is 0. The highest BCUT2D eigenvalue weighted by Gasteiger charge is 2.17. The van der Waals surface area contributed by atoms with E-state index < -0.39 is 0 Å². The Morgan fingerprint density at radius 3 is 1.95 bits per heavy atom. The van der Waals surface area contributed by atoms with Crippen molar-refractivity contribution in [1.29, 1.82) is 0 Å². The lowest BCUT2D eigenvalue weighted by Crippen LogP contribution is -2.12. The minimum absolute atomic E-state index is 0.0278. The van der Waals surface area contributed by atoms with Crippen LogP contribution < -0.4 is 5.32 Å². The summed E-state index contributed by atoms with van der Waals surface area (Å²) >= 11 is 0. The van der Waals surface area contributed by atoms with Crippen molar-refractivity contribution in [3.63, 3.8) is 0 Å². The molecule has 6 heteroatoms. The molecule has 0 radical (unpaired) electrons. The second kappa shape index (κ2) is 14.7. The van der Waals surface area contributed by atoms with Crippen LogP contribution in [0.2, 0.25) is 0 Å². The molecule has 7 aromatic carbocycles. The molecule has 0 spiro atoms. The van der Waals surface area contributed by atoms with Crippen LogP contribution in [-0.2, 0) is 0 Å². The summed E-state index contributed by atoms with van der Waals surface area (Å²) in [5, 5.41) is 9.44. The van der Waals surface area contributed by atoms with Crippen LogP contribution in [-0.4, -0.2) is 24.9 Å². The van der Waals surface area contributed by atoms with Crippen LogP contribution in [0.25, 0.3) is 106 Å². The third-order valence-electron chi connectivity index (χ3n) is 11.9. The highest BCUT2D eigenvalue weighted by atomic mass is 14.9. The molecule has 5 heterocycles. The van der Waals surface area contributed by atoms with Gasteiger partial charge in [0.1, 0.15) is 0 Å². The summed E-state index contributed by atoms with van der Waals surface area (Å²) in [6.45, 7) is 0. The van der Waals surface area contributed by atoms with Gasteiger partial charge in [-0.3, -0.25) is 4.98 Å². The van der Waals surface area contributed by atoms with Crippen molar-refractivity contribution in [2.45, 2.75) is 6.04 Å². The largest absolute Gasteiger partial charge is 0.374 e. The molecule has 1 N–H and O–H groups in total. The Balaban J connectivity index is 0.827. The lowest BCUT2D eigenvalue weighted by Gasteiger charge is -2.24. The molecule has 0 aliphatic carbocycles. The number of aromatic nitrogens is 5. The number of anilines is 1. The van der Waals surface area contributed by atoms with E-state index in [0.29, 0.717) is 5.82 Å². The summed E-state index contributed by atoms with van der Waals surface area (Å²) in [7, 11) is 0. The minimum Gasteiger partial charge on any atom is -0.374 e. The molecular weight excluding hydrogens is 757 g/mol. The van der Waals surface area contributed by atoms with Crippen molar-refractivity contribution in [3.8, 4) is 56.4 Å². The zero-order valence-corrected chi connectivity index (χ0v) is 33.4. The van der Waals surface area contributed by atoms with Crippen molar-refractivity contribution < 1.29 is 0 Å². The van der Waals surface area contributed by atoms with Gasteiger partial charge in [-0.1, -0.05) is 152 Å². The molecule has 290 valence electrons. The predicted molar refractivity (Wildman–Crippen MR) is 254 cm³/mol. The Morgan fingerprint density at radius 1 is 0.387 bits per heavy atom. The average molecular weight is 793 g/mol. The highest BCUT2D eigenvalue weighted by molar-refractivity contribution is 6.03. The maximum absolute atomic E-state index is 5.19. The predicted octanol–water partition coefficient (Wildman–Crippen LogP) is 13.8. The molecule has 62 heavy (non-hydrogen) atoms. The number of hydrogen-bond donors (Lipinski definition) is 1. The van der Waals surface area contributed by atoms with Gasteiger partial charge in [0.05, 0.1) is 45.4 Å². The van der Waals surface area contributed by atoms with Crippen molar-refractivity contribution in [2.75, 3.05) is 5.32 Å². The van der Waals surface area contributed by atoms with E-state index in [-0.39, 0.29) is 6.04 Å². The number of hydrogen-bond acceptors (Lipinski definition) is 6. The first kappa shape index (κ1) is 35.6. The summed E-state index contributed by atoms with van der Waals surface area (Å²) in [4.78, 5) is 24.9. The van der Waals surface area contributed by atoms with Crippen LogP contribution in [0.5, 0.6) is 0 Å². The molecule has 0 bridgehead atoms. The van der Waals surface area contributed by atoms with E-state index in [1.807, 2.05) is 66.9 Å². The third kappa shape index (κ3) is 6.51. The molecule has 4 aromatic heterocycles. The second-order valence-electron chi connectivity index (χ2n) is 15.8. The fraction of sp³-hybridized carbons (Fsp3) is 0.0179. The molecule has 1 atom stereocenters. The first-order valence-electron chi connectivity index (χ1n) is 20.8. The summed E-state index contributed by atoms with van der Waals surface area (Å²) in [6.07, 6.45) is 6.30. The van der Waals surface area contributed by atoms with Gasteiger partial charge in [0.25, 0.3) is 0 Å². The van der Waals surface area contributed by atoms with E-state index in [1.54, 1.807) is 0 Å². The number of rotatable bonds is 6. The smallest absolute Gasteiger partial charge is 0.160 e. The lowest BCUT2D eigenvalue weighted by atomic mass is 9.94. The molecule has 1 aliphatic heterocycles. The summed E-state index contributed by atoms with van der Waals surface area (Å²) in [5.74, 6) is 0.672. The van der Waals surface area contributed by atoms with E-state index in [1.165, 1.54) is 16.3 Å². The number of benzene rings is 7. The van der Waals surface area contributed by atoms with E-state index in [0.717, 1.165) is 94.6 Å². The number of pyridine rings is 3. The molecule has 11 aromatic rings. The van der Waals surface area contributed by atoms with E-state index >= 15 is 0 Å². The van der Waals surface area contributed by atoms with Gasteiger partial charge in [0.2, 0.25) is 0 Å². The Kier molecular flexibility index (Phi) is 8.45. The van der Waals surface area contributed by atoms with Gasteiger partial charge in [-0.15, -0.1) is 0 Å². The van der Waals surface area contributed by atoms with Crippen LogP contribution in [0.3, 0.4) is 0 Å². The molecule has 0 saturated heterocycles. The Labute approximate surface area is 358 Å². The van der Waals surface area contributed by atoms with Gasteiger partial charge in [0, 0.05) is 44.7 Å². The second-order valence-corrected chi connectivity index (χ2v) is 15.8. The monoisotopic (exact) mass is 792 g/mol. The van der Waals surface area contributed by atoms with Gasteiger partial charge >= 0.3 is 0 Å². The van der Waals surface area contributed by atoms with Gasteiger partial charge in [-0.05, 0) is 81.6 Å². The maximum Gasteiger partial charge on any atom is 0.160 e. The normalized spacial score (nSPS) is 13.4. The highest BCUT2D eigenvalue weighted by Crippen LogP contribution is 2.37. The zero-order chi connectivity index (χ0) is 41.0.